The maximum atomic E-state index is 14.1. The van der Waals surface area contributed by atoms with Crippen LogP contribution in [0.3, 0.4) is 0 Å². The van der Waals surface area contributed by atoms with Crippen molar-refractivity contribution in [2.45, 2.75) is 32.7 Å². The predicted molar refractivity (Wildman–Crippen MR) is 163 cm³/mol. The van der Waals surface area contributed by atoms with Gasteiger partial charge in [0.2, 0.25) is 0 Å². The minimum Gasteiger partial charge on any atom is -0.466 e. The van der Waals surface area contributed by atoms with Crippen LogP contribution in [0, 0.1) is 0 Å². The summed E-state index contributed by atoms with van der Waals surface area (Å²) in [6, 6.07) is 21.3. The molecule has 4 heterocycles. The second kappa shape index (κ2) is 10.9. The van der Waals surface area contributed by atoms with Gasteiger partial charge in [-0.1, -0.05) is 73.7 Å². The van der Waals surface area contributed by atoms with Crippen molar-refractivity contribution >= 4 is 34.7 Å². The van der Waals surface area contributed by atoms with Crippen LogP contribution in [0.5, 0.6) is 0 Å². The summed E-state index contributed by atoms with van der Waals surface area (Å²) in [5.74, 6) is -0.139. The second-order valence-electron chi connectivity index (χ2n) is 10.1. The average Bonchev–Trinajstić information content (AvgIpc) is 3.72. The molecule has 0 unspecified atom stereocenters. The molecule has 206 valence electrons. The third-order valence-electron chi connectivity index (χ3n) is 7.15. The van der Waals surface area contributed by atoms with E-state index in [4.69, 9.17) is 9.84 Å². The smallest absolute Gasteiger partial charge is 0.338 e. The highest BCUT2D eigenvalue weighted by Crippen LogP contribution is 2.32. The molecule has 5 aromatic rings. The van der Waals surface area contributed by atoms with E-state index in [0.29, 0.717) is 26.5 Å². The van der Waals surface area contributed by atoms with Crippen LogP contribution in [0.4, 0.5) is 0 Å². The van der Waals surface area contributed by atoms with Gasteiger partial charge < -0.3 is 4.74 Å². The topological polar surface area (TPSA) is 78.5 Å². The summed E-state index contributed by atoms with van der Waals surface area (Å²) in [4.78, 5) is 33.3. The number of rotatable bonds is 6. The van der Waals surface area contributed by atoms with Gasteiger partial charge in [-0.2, -0.15) is 5.10 Å². The van der Waals surface area contributed by atoms with Crippen molar-refractivity contribution < 1.29 is 9.53 Å². The average molecular weight is 581 g/mol. The number of methoxy groups -OCH3 is 1. The zero-order valence-corrected chi connectivity index (χ0v) is 24.7. The van der Waals surface area contributed by atoms with Gasteiger partial charge in [-0.3, -0.25) is 9.36 Å². The first kappa shape index (κ1) is 26.9. The molecule has 7 nitrogen and oxygen atoms in total. The minimum absolute atomic E-state index is 0.217. The number of aromatic nitrogens is 3. The number of hydrogen-bond donors (Lipinski definition) is 0. The molecule has 0 amide bonds. The predicted octanol–water partition coefficient (Wildman–Crippen LogP) is 5.45. The molecule has 0 N–H and O–H groups in total. The molecule has 1 atom stereocenters. The Balaban J connectivity index is 1.54. The van der Waals surface area contributed by atoms with E-state index in [1.165, 1.54) is 24.0 Å². The number of carbonyl (C=O) groups excluding carboxylic acids is 1. The lowest BCUT2D eigenvalue weighted by molar-refractivity contribution is -0.136. The fraction of sp³-hybridized carbons (Fsp3) is 0.188. The number of hydrogen-bond acceptors (Lipinski definition) is 7. The fourth-order valence-corrected chi connectivity index (χ4v) is 6.79. The number of thiazole rings is 1. The second-order valence-corrected chi connectivity index (χ2v) is 12.0. The highest BCUT2D eigenvalue weighted by Gasteiger charge is 2.33. The van der Waals surface area contributed by atoms with Crippen LogP contribution in [0.2, 0.25) is 0 Å². The number of para-hydroxylation sites is 1. The van der Waals surface area contributed by atoms with Gasteiger partial charge in [0.15, 0.2) is 4.80 Å². The van der Waals surface area contributed by atoms with Gasteiger partial charge in [-0.05, 0) is 53.6 Å². The standard InChI is InChI=1S/C32H28N4O3S2/c1-19(2)21-12-14-22(15-13-21)29-27(31(38)39-4)20(3)33-32-36(29)30(37)26(41-32)17-23-18-35(24-9-6-5-7-10-24)34-28(23)25-11-8-16-40-25/h5-19,29H,1-4H3/b26-17+/t29-/m0/s1. The highest BCUT2D eigenvalue weighted by molar-refractivity contribution is 7.13. The molecule has 0 saturated carbocycles. The van der Waals surface area contributed by atoms with Gasteiger partial charge in [0.25, 0.3) is 5.56 Å². The zero-order chi connectivity index (χ0) is 28.7. The number of thiophene rings is 1. The van der Waals surface area contributed by atoms with Crippen LogP contribution in [0.1, 0.15) is 49.4 Å². The number of nitrogens with zero attached hydrogens (tertiary/aromatic N) is 4. The van der Waals surface area contributed by atoms with Gasteiger partial charge in [-0.25, -0.2) is 14.5 Å². The molecule has 2 aromatic carbocycles. The molecule has 0 saturated heterocycles. The Hall–Kier alpha value is -4.34. The van der Waals surface area contributed by atoms with Crippen LogP contribution in [0.15, 0.2) is 99.4 Å². The number of benzene rings is 2. The molecule has 1 aliphatic rings. The number of esters is 1. The summed E-state index contributed by atoms with van der Waals surface area (Å²) < 4.78 is 9.11. The van der Waals surface area contributed by atoms with E-state index < -0.39 is 12.0 Å². The lowest BCUT2D eigenvalue weighted by Gasteiger charge is -2.24. The normalized spacial score (nSPS) is 15.2. The van der Waals surface area contributed by atoms with Gasteiger partial charge in [0, 0.05) is 11.8 Å². The molecule has 3 aromatic heterocycles. The fourth-order valence-electron chi connectivity index (χ4n) is 5.02. The van der Waals surface area contributed by atoms with Crippen LogP contribution in [-0.2, 0) is 9.53 Å². The largest absolute Gasteiger partial charge is 0.466 e. The summed E-state index contributed by atoms with van der Waals surface area (Å²) >= 11 is 2.90. The quantitative estimate of drug-likeness (QED) is 0.251. The maximum absolute atomic E-state index is 14.1. The van der Waals surface area contributed by atoms with E-state index in [1.807, 2.05) is 89.1 Å². The van der Waals surface area contributed by atoms with Crippen molar-refractivity contribution in [1.82, 2.24) is 14.3 Å². The van der Waals surface area contributed by atoms with Crippen molar-refractivity contribution in [3.05, 3.63) is 126 Å². The van der Waals surface area contributed by atoms with Gasteiger partial charge >= 0.3 is 5.97 Å². The summed E-state index contributed by atoms with van der Waals surface area (Å²) in [6.07, 6.45) is 3.82. The van der Waals surface area contributed by atoms with Gasteiger partial charge in [-0.15, -0.1) is 11.3 Å². The van der Waals surface area contributed by atoms with Crippen molar-refractivity contribution in [2.75, 3.05) is 7.11 Å². The number of carbonyl (C=O) groups is 1. The molecule has 0 fully saturated rings. The first-order valence-corrected chi connectivity index (χ1v) is 14.9. The zero-order valence-electron chi connectivity index (χ0n) is 23.1. The van der Waals surface area contributed by atoms with Crippen LogP contribution in [0.25, 0.3) is 22.3 Å². The molecule has 1 aliphatic heterocycles. The summed E-state index contributed by atoms with van der Waals surface area (Å²) in [6.45, 7) is 6.05. The Morgan fingerprint density at radius 1 is 1.05 bits per heavy atom. The van der Waals surface area contributed by atoms with Gasteiger partial charge in [0.05, 0.1) is 39.5 Å². The van der Waals surface area contributed by atoms with E-state index in [9.17, 15) is 9.59 Å². The third kappa shape index (κ3) is 4.92. The number of ether oxygens (including phenoxy) is 1. The molecular formula is C32H28N4O3S2. The summed E-state index contributed by atoms with van der Waals surface area (Å²) in [7, 11) is 1.35. The van der Waals surface area contributed by atoms with E-state index in [0.717, 1.165) is 27.4 Å². The summed E-state index contributed by atoms with van der Waals surface area (Å²) in [5, 5.41) is 6.88. The monoisotopic (exact) mass is 580 g/mol. The number of fused-ring (bicyclic) bond motifs is 1. The van der Waals surface area contributed by atoms with E-state index in [1.54, 1.807) is 22.8 Å². The Bertz CT molecular complexity index is 1950. The molecule has 0 aliphatic carbocycles. The molecule has 6 rings (SSSR count). The maximum Gasteiger partial charge on any atom is 0.338 e. The highest BCUT2D eigenvalue weighted by atomic mass is 32.1. The van der Waals surface area contributed by atoms with E-state index >= 15 is 0 Å². The Kier molecular flexibility index (Phi) is 7.15. The first-order valence-electron chi connectivity index (χ1n) is 13.3. The van der Waals surface area contributed by atoms with Crippen molar-refractivity contribution in [1.29, 1.82) is 0 Å². The van der Waals surface area contributed by atoms with E-state index in [-0.39, 0.29) is 5.56 Å². The molecule has 41 heavy (non-hydrogen) atoms. The van der Waals surface area contributed by atoms with Crippen molar-refractivity contribution in [2.24, 2.45) is 4.99 Å². The Morgan fingerprint density at radius 2 is 1.80 bits per heavy atom. The Labute approximate surface area is 245 Å². The van der Waals surface area contributed by atoms with Crippen molar-refractivity contribution in [3.63, 3.8) is 0 Å². The first-order chi connectivity index (χ1) is 19.9. The van der Waals surface area contributed by atoms with Gasteiger partial charge in [0.1, 0.15) is 5.69 Å². The third-order valence-corrected chi connectivity index (χ3v) is 9.01. The minimum atomic E-state index is -0.647. The Morgan fingerprint density at radius 3 is 2.46 bits per heavy atom. The summed E-state index contributed by atoms with van der Waals surface area (Å²) in [5.41, 5.74) is 5.23. The lowest BCUT2D eigenvalue weighted by atomic mass is 9.93. The lowest BCUT2D eigenvalue weighted by Crippen LogP contribution is -2.39. The molecule has 0 radical (unpaired) electrons. The number of allylic oxidation sites excluding steroid dienone is 1. The molecular weight excluding hydrogens is 553 g/mol. The SMILES string of the molecule is COC(=O)C1=C(C)N=c2s/c(=C/c3cn(-c4ccccc4)nc3-c3cccs3)c(=O)n2[C@H]1c1ccc(C(C)C)cc1. The van der Waals surface area contributed by atoms with Crippen LogP contribution < -0.4 is 14.9 Å². The van der Waals surface area contributed by atoms with Crippen molar-refractivity contribution in [3.8, 4) is 16.3 Å². The molecule has 0 bridgehead atoms. The van der Waals surface area contributed by atoms with Crippen LogP contribution >= 0.6 is 22.7 Å². The van der Waals surface area contributed by atoms with Crippen LogP contribution in [-0.4, -0.2) is 27.4 Å². The molecule has 0 spiro atoms. The van der Waals surface area contributed by atoms with E-state index in [2.05, 4.69) is 18.8 Å². The molecule has 9 heteroatoms.